The number of sulfonamides is 1. The largest absolute Gasteiger partial charge is 0.327 e. The van der Waals surface area contributed by atoms with E-state index in [4.69, 9.17) is 4.84 Å². The Morgan fingerprint density at radius 3 is 2.56 bits per heavy atom. The molecule has 0 bridgehead atoms. The van der Waals surface area contributed by atoms with Gasteiger partial charge in [0.05, 0.1) is 23.8 Å². The number of carbonyl (C=O) groups is 2. The second-order valence-electron chi connectivity index (χ2n) is 10.7. The first kappa shape index (κ1) is 23.9. The predicted octanol–water partition coefficient (Wildman–Crippen LogP) is 1.99. The van der Waals surface area contributed by atoms with Crippen molar-refractivity contribution in [3.63, 3.8) is 0 Å². The lowest BCUT2D eigenvalue weighted by atomic mass is 9.80. The van der Waals surface area contributed by atoms with E-state index in [-0.39, 0.29) is 48.6 Å². The molecule has 182 valence electrons. The van der Waals surface area contributed by atoms with Crippen LogP contribution in [0, 0.1) is 11.8 Å². The molecule has 9 nitrogen and oxygen atoms in total. The fourth-order valence-corrected chi connectivity index (χ4v) is 7.17. The van der Waals surface area contributed by atoms with Gasteiger partial charge < -0.3 is 4.90 Å². The highest BCUT2D eigenvalue weighted by Gasteiger charge is 2.52. The van der Waals surface area contributed by atoms with Gasteiger partial charge in [0.1, 0.15) is 0 Å². The summed E-state index contributed by atoms with van der Waals surface area (Å²) in [6, 6.07) is -0.326. The number of carbonyl (C=O) groups excluding carboxylic acids is 2. The van der Waals surface area contributed by atoms with Gasteiger partial charge in [-0.1, -0.05) is 20.3 Å². The number of rotatable bonds is 8. The third-order valence-electron chi connectivity index (χ3n) is 7.70. The van der Waals surface area contributed by atoms with E-state index in [0.717, 1.165) is 25.7 Å². The quantitative estimate of drug-likeness (QED) is 0.562. The minimum Gasteiger partial charge on any atom is -0.320 e. The van der Waals surface area contributed by atoms with Gasteiger partial charge >= 0.3 is 6.03 Å². The lowest BCUT2D eigenvalue weighted by molar-refractivity contribution is -0.142. The van der Waals surface area contributed by atoms with Gasteiger partial charge in [0.15, 0.2) is 0 Å². The maximum atomic E-state index is 13.5. The Morgan fingerprint density at radius 1 is 1.25 bits per heavy atom. The van der Waals surface area contributed by atoms with E-state index in [1.807, 2.05) is 18.7 Å². The van der Waals surface area contributed by atoms with Crippen molar-refractivity contribution < 1.29 is 22.8 Å². The topological polar surface area (TPSA) is 108 Å². The third-order valence-corrected chi connectivity index (χ3v) is 9.78. The number of nitrogens with one attached hydrogen (secondary N) is 2. The highest BCUT2D eigenvalue weighted by molar-refractivity contribution is 7.90. The molecule has 2 heterocycles. The van der Waals surface area contributed by atoms with Crippen LogP contribution in [0.2, 0.25) is 0 Å². The van der Waals surface area contributed by atoms with Gasteiger partial charge in [0, 0.05) is 24.2 Å². The van der Waals surface area contributed by atoms with Gasteiger partial charge in [-0.2, -0.15) is 5.48 Å². The molecule has 0 aromatic heterocycles. The van der Waals surface area contributed by atoms with Crippen LogP contribution < -0.4 is 10.2 Å². The molecular formula is C22H38N4O5S. The molecule has 5 unspecified atom stereocenters. The molecule has 10 heteroatoms. The summed E-state index contributed by atoms with van der Waals surface area (Å²) in [6.45, 7) is 8.89. The normalized spacial score (nSPS) is 35.7. The first-order valence-electron chi connectivity index (χ1n) is 12.1. The van der Waals surface area contributed by atoms with E-state index in [1.165, 1.54) is 4.90 Å². The summed E-state index contributed by atoms with van der Waals surface area (Å²) in [6.07, 6.45) is 4.36. The predicted molar refractivity (Wildman–Crippen MR) is 120 cm³/mol. The Labute approximate surface area is 191 Å². The Balaban J connectivity index is 1.55. The molecule has 3 amide bonds. The van der Waals surface area contributed by atoms with Gasteiger partial charge in [-0.25, -0.2) is 17.9 Å². The number of amides is 3. The molecule has 0 radical (unpaired) electrons. The van der Waals surface area contributed by atoms with Crippen molar-refractivity contribution in [2.75, 3.05) is 13.1 Å². The summed E-state index contributed by atoms with van der Waals surface area (Å²) in [4.78, 5) is 35.6. The van der Waals surface area contributed by atoms with E-state index in [0.29, 0.717) is 25.3 Å². The van der Waals surface area contributed by atoms with Crippen LogP contribution in [0.1, 0.15) is 72.6 Å². The minimum absolute atomic E-state index is 0.165. The molecule has 2 aliphatic heterocycles. The molecule has 0 aromatic rings. The molecule has 2 aliphatic carbocycles. The Morgan fingerprint density at radius 2 is 1.97 bits per heavy atom. The molecule has 2 saturated heterocycles. The number of fused-ring (bicyclic) bond motifs is 1. The van der Waals surface area contributed by atoms with Gasteiger partial charge in [-0.05, 0) is 58.3 Å². The number of urea groups is 1. The summed E-state index contributed by atoms with van der Waals surface area (Å²) in [5.41, 5.74) is 2.57. The van der Waals surface area contributed by atoms with Crippen LogP contribution in [0.3, 0.4) is 0 Å². The molecule has 0 spiro atoms. The van der Waals surface area contributed by atoms with Gasteiger partial charge in [-0.3, -0.25) is 14.5 Å². The summed E-state index contributed by atoms with van der Waals surface area (Å²) in [7, 11) is -3.52. The fraction of sp³-hybridized carbons (Fsp3) is 0.909. The van der Waals surface area contributed by atoms with Crippen molar-refractivity contribution in [2.24, 2.45) is 11.8 Å². The van der Waals surface area contributed by atoms with E-state index in [1.54, 1.807) is 0 Å². The second kappa shape index (κ2) is 8.85. The zero-order valence-corrected chi connectivity index (χ0v) is 20.5. The van der Waals surface area contributed by atoms with Crippen LogP contribution in [0.25, 0.3) is 0 Å². The zero-order chi connectivity index (χ0) is 23.3. The second-order valence-corrected chi connectivity index (χ2v) is 12.7. The standard InChI is InChI=1S/C22H38N4O5S/c1-5-14(2)12-25-19-7-6-17(32(29,30)24-22(4)8-9-22)11-18(19)20(27)26(21(25)28)13-16-10-15(3)23-31-16/h14-19,23-24H,5-13H2,1-4H3/t14-,15?,16?,17?,18?,19?/m0/s1. The molecule has 4 aliphatic rings. The Bertz CT molecular complexity index is 845. The van der Waals surface area contributed by atoms with Crippen LogP contribution in [-0.4, -0.2) is 72.2 Å². The van der Waals surface area contributed by atoms with E-state index in [9.17, 15) is 18.0 Å². The minimum atomic E-state index is -3.52. The zero-order valence-electron chi connectivity index (χ0n) is 19.7. The van der Waals surface area contributed by atoms with Crippen LogP contribution >= 0.6 is 0 Å². The van der Waals surface area contributed by atoms with Crippen molar-refractivity contribution in [3.05, 3.63) is 0 Å². The number of hydrogen-bond donors (Lipinski definition) is 2. The smallest absolute Gasteiger partial charge is 0.320 e. The fourth-order valence-electron chi connectivity index (χ4n) is 5.21. The van der Waals surface area contributed by atoms with E-state index in [2.05, 4.69) is 24.0 Å². The monoisotopic (exact) mass is 470 g/mol. The van der Waals surface area contributed by atoms with Crippen molar-refractivity contribution in [1.82, 2.24) is 20.0 Å². The average molecular weight is 471 g/mol. The van der Waals surface area contributed by atoms with Crippen LogP contribution in [0.15, 0.2) is 0 Å². The molecule has 2 N–H and O–H groups in total. The Hall–Kier alpha value is -1.23. The van der Waals surface area contributed by atoms with Crippen molar-refractivity contribution in [2.45, 2.75) is 102 Å². The third kappa shape index (κ3) is 4.83. The first-order chi connectivity index (χ1) is 15.0. The highest BCUT2D eigenvalue weighted by atomic mass is 32.2. The van der Waals surface area contributed by atoms with Crippen LogP contribution in [-0.2, 0) is 19.7 Å². The van der Waals surface area contributed by atoms with E-state index < -0.39 is 21.2 Å². The maximum absolute atomic E-state index is 13.5. The lowest BCUT2D eigenvalue weighted by Gasteiger charge is -2.49. The van der Waals surface area contributed by atoms with Crippen molar-refractivity contribution in [3.8, 4) is 0 Å². The number of hydrogen-bond acceptors (Lipinski definition) is 6. The van der Waals surface area contributed by atoms with Crippen molar-refractivity contribution in [1.29, 1.82) is 0 Å². The SMILES string of the molecule is CC[C@H](C)CN1C(=O)N(CC2CC(C)NO2)C(=O)C2CC(S(=O)(=O)NC3(C)CC3)CCC21. The molecular weight excluding hydrogens is 432 g/mol. The van der Waals surface area contributed by atoms with E-state index >= 15 is 0 Å². The summed E-state index contributed by atoms with van der Waals surface area (Å²) < 4.78 is 28.9. The average Bonchev–Trinajstić information content (AvgIpc) is 3.31. The molecule has 32 heavy (non-hydrogen) atoms. The van der Waals surface area contributed by atoms with Crippen LogP contribution in [0.5, 0.6) is 0 Å². The summed E-state index contributed by atoms with van der Waals surface area (Å²) in [5, 5.41) is -0.602. The lowest BCUT2D eigenvalue weighted by Crippen LogP contribution is -2.65. The number of nitrogens with zero attached hydrogens (tertiary/aromatic N) is 2. The van der Waals surface area contributed by atoms with Crippen LogP contribution in [0.4, 0.5) is 4.79 Å². The molecule has 2 saturated carbocycles. The number of hydroxylamine groups is 1. The maximum Gasteiger partial charge on any atom is 0.327 e. The summed E-state index contributed by atoms with van der Waals surface area (Å²) in [5.74, 6) is -0.441. The molecule has 6 atom stereocenters. The molecule has 4 rings (SSSR count). The van der Waals surface area contributed by atoms with Gasteiger partial charge in [0.2, 0.25) is 15.9 Å². The van der Waals surface area contributed by atoms with Crippen molar-refractivity contribution >= 4 is 22.0 Å². The molecule has 4 fully saturated rings. The van der Waals surface area contributed by atoms with Gasteiger partial charge in [-0.15, -0.1) is 0 Å². The first-order valence-corrected chi connectivity index (χ1v) is 13.6. The van der Waals surface area contributed by atoms with Gasteiger partial charge in [0.25, 0.3) is 0 Å². The Kier molecular flexibility index (Phi) is 6.61. The highest BCUT2D eigenvalue weighted by Crippen LogP contribution is 2.40. The molecule has 0 aromatic carbocycles. The number of imide groups is 1. The summed E-state index contributed by atoms with van der Waals surface area (Å²) >= 11 is 0.